The van der Waals surface area contributed by atoms with Crippen molar-refractivity contribution >= 4 is 23.8 Å². The first-order valence-corrected chi connectivity index (χ1v) is 15.4. The number of rotatable bonds is 18. The monoisotopic (exact) mass is 590 g/mol. The molecule has 0 spiro atoms. The normalized spacial score (nSPS) is 19.9. The third kappa shape index (κ3) is 9.28. The van der Waals surface area contributed by atoms with Gasteiger partial charge >= 0.3 is 0 Å². The summed E-state index contributed by atoms with van der Waals surface area (Å²) in [6, 6.07) is -0.845. The molecule has 0 aliphatic heterocycles. The van der Waals surface area contributed by atoms with Crippen LogP contribution in [-0.2, 0) is 0 Å². The van der Waals surface area contributed by atoms with E-state index in [0.29, 0.717) is 61.1 Å². The summed E-state index contributed by atoms with van der Waals surface area (Å²) >= 11 is 0. The van der Waals surface area contributed by atoms with Crippen LogP contribution >= 0.6 is 0 Å². The van der Waals surface area contributed by atoms with Crippen LogP contribution in [0.25, 0.3) is 0 Å². The highest BCUT2D eigenvalue weighted by Crippen LogP contribution is 2.42. The van der Waals surface area contributed by atoms with Crippen LogP contribution in [0, 0.1) is 0 Å². The van der Waals surface area contributed by atoms with Gasteiger partial charge in [0.2, 0.25) is 23.8 Å². The van der Waals surface area contributed by atoms with E-state index in [2.05, 4.69) is 31.2 Å². The zero-order chi connectivity index (χ0) is 30.5. The Kier molecular flexibility index (Phi) is 13.8. The van der Waals surface area contributed by atoms with E-state index >= 15 is 0 Å². The molecular weight excluding hydrogens is 540 g/mol. The lowest BCUT2D eigenvalue weighted by Gasteiger charge is -2.30. The molecule has 1 aliphatic rings. The van der Waals surface area contributed by atoms with Gasteiger partial charge in [0, 0.05) is 11.8 Å². The highest BCUT2D eigenvalue weighted by molar-refractivity contribution is 5.39. The molecule has 3 rings (SSSR count). The predicted octanol–water partition coefficient (Wildman–Crippen LogP) is 2.23. The van der Waals surface area contributed by atoms with Crippen LogP contribution in [0.3, 0.4) is 0 Å². The molecule has 2 aromatic rings. The van der Waals surface area contributed by atoms with Crippen molar-refractivity contribution in [2.45, 2.75) is 115 Å². The van der Waals surface area contributed by atoms with Crippen molar-refractivity contribution in [3.8, 4) is 0 Å². The second-order valence-electron chi connectivity index (χ2n) is 10.9. The summed E-state index contributed by atoms with van der Waals surface area (Å²) in [5.41, 5.74) is 0. The van der Waals surface area contributed by atoms with Crippen molar-refractivity contribution in [1.29, 1.82) is 0 Å². The van der Waals surface area contributed by atoms with Gasteiger partial charge in [-0.2, -0.15) is 29.9 Å². The van der Waals surface area contributed by atoms with E-state index in [-0.39, 0.29) is 62.4 Å². The van der Waals surface area contributed by atoms with Crippen molar-refractivity contribution < 1.29 is 20.4 Å². The highest BCUT2D eigenvalue weighted by Gasteiger charge is 2.34. The molecule has 0 saturated heterocycles. The lowest BCUT2D eigenvalue weighted by Crippen LogP contribution is -2.29. The van der Waals surface area contributed by atoms with Crippen LogP contribution in [0.2, 0.25) is 0 Å². The molecule has 14 nitrogen and oxygen atoms in total. The SMILES string of the molecule is CCC(CO)Nc1nc(NC(CC)CO)nc(C2CCCCC2c2nc(NC(CC)CO)nc(NC(CC)CO)n2)n1. The molecule has 0 bridgehead atoms. The van der Waals surface area contributed by atoms with Gasteiger partial charge in [0.1, 0.15) is 11.6 Å². The summed E-state index contributed by atoms with van der Waals surface area (Å²) in [6.45, 7) is 7.66. The van der Waals surface area contributed by atoms with Gasteiger partial charge in [0.15, 0.2) is 0 Å². The Morgan fingerprint density at radius 2 is 0.762 bits per heavy atom. The number of hydrogen-bond acceptors (Lipinski definition) is 14. The number of hydrogen-bond donors (Lipinski definition) is 8. The largest absolute Gasteiger partial charge is 0.394 e. The zero-order valence-corrected chi connectivity index (χ0v) is 25.4. The maximum Gasteiger partial charge on any atom is 0.228 e. The minimum absolute atomic E-state index is 0.0594. The number of nitrogens with zero attached hydrogens (tertiary/aromatic N) is 6. The Bertz CT molecular complexity index is 917. The molecule has 2 heterocycles. The van der Waals surface area contributed by atoms with Gasteiger partial charge < -0.3 is 41.7 Å². The molecule has 42 heavy (non-hydrogen) atoms. The van der Waals surface area contributed by atoms with Crippen LogP contribution in [0.15, 0.2) is 0 Å². The highest BCUT2D eigenvalue weighted by atomic mass is 16.3. The van der Waals surface area contributed by atoms with Crippen LogP contribution in [0.5, 0.6) is 0 Å². The Morgan fingerprint density at radius 3 is 0.976 bits per heavy atom. The van der Waals surface area contributed by atoms with E-state index in [1.807, 2.05) is 27.7 Å². The maximum atomic E-state index is 9.79. The van der Waals surface area contributed by atoms with Crippen molar-refractivity contribution in [1.82, 2.24) is 29.9 Å². The third-order valence-corrected chi connectivity index (χ3v) is 7.92. The minimum atomic E-state index is -0.211. The molecule has 1 fully saturated rings. The lowest BCUT2D eigenvalue weighted by molar-refractivity contribution is 0.270. The number of aliphatic hydroxyl groups excluding tert-OH is 4. The molecule has 0 aromatic carbocycles. The number of aliphatic hydroxyl groups is 4. The Morgan fingerprint density at radius 1 is 0.500 bits per heavy atom. The average molecular weight is 591 g/mol. The summed E-state index contributed by atoms with van der Waals surface area (Å²) in [7, 11) is 0. The molecule has 6 unspecified atom stereocenters. The molecule has 6 atom stereocenters. The standard InChI is InChI=1S/C28H50N10O4/c1-5-17(13-39)29-25-33-23(34-26(37-25)30-18(6-2)14-40)21-11-9-10-12-22(21)24-35-27(31-19(7-3)15-41)38-28(36-24)32-20(8-4)16-42/h17-22,39-42H,5-16H2,1-4H3,(H2,29,30,33,34,37)(H2,31,32,35,36,38). The van der Waals surface area contributed by atoms with E-state index in [4.69, 9.17) is 19.9 Å². The number of nitrogens with one attached hydrogen (secondary N) is 4. The van der Waals surface area contributed by atoms with Crippen molar-refractivity contribution in [2.24, 2.45) is 0 Å². The first-order valence-electron chi connectivity index (χ1n) is 15.4. The summed E-state index contributed by atoms with van der Waals surface area (Å²) in [6.07, 6.45) is 6.39. The Balaban J connectivity index is 2.06. The fourth-order valence-electron chi connectivity index (χ4n) is 4.96. The smallest absolute Gasteiger partial charge is 0.228 e. The van der Waals surface area contributed by atoms with Gasteiger partial charge in [-0.05, 0) is 38.5 Å². The van der Waals surface area contributed by atoms with E-state index in [1.54, 1.807) is 0 Å². The molecular formula is C28H50N10O4. The molecule has 236 valence electrons. The summed E-state index contributed by atoms with van der Waals surface area (Å²) in [5.74, 6) is 2.41. The van der Waals surface area contributed by atoms with E-state index in [1.165, 1.54) is 0 Å². The van der Waals surface area contributed by atoms with Crippen molar-refractivity contribution in [3.63, 3.8) is 0 Å². The van der Waals surface area contributed by atoms with Crippen molar-refractivity contribution in [2.75, 3.05) is 47.7 Å². The fraction of sp³-hybridized carbons (Fsp3) is 0.786. The average Bonchev–Trinajstić information content (AvgIpc) is 3.03. The quantitative estimate of drug-likeness (QED) is 0.125. The van der Waals surface area contributed by atoms with Gasteiger partial charge in [-0.1, -0.05) is 40.5 Å². The van der Waals surface area contributed by atoms with Gasteiger partial charge in [-0.25, -0.2) is 0 Å². The van der Waals surface area contributed by atoms with Crippen LogP contribution in [0.1, 0.15) is 103 Å². The van der Waals surface area contributed by atoms with Gasteiger partial charge in [-0.15, -0.1) is 0 Å². The number of aromatic nitrogens is 6. The van der Waals surface area contributed by atoms with Crippen molar-refractivity contribution in [3.05, 3.63) is 11.6 Å². The summed E-state index contributed by atoms with van der Waals surface area (Å²) in [4.78, 5) is 28.3. The third-order valence-electron chi connectivity index (χ3n) is 7.92. The summed E-state index contributed by atoms with van der Waals surface area (Å²) < 4.78 is 0. The van der Waals surface area contributed by atoms with Gasteiger partial charge in [0.05, 0.1) is 50.6 Å². The van der Waals surface area contributed by atoms with E-state index in [9.17, 15) is 20.4 Å². The maximum absolute atomic E-state index is 9.79. The molecule has 8 N–H and O–H groups in total. The number of anilines is 4. The molecule has 0 amide bonds. The topological polar surface area (TPSA) is 206 Å². The first kappa shape index (κ1) is 33.6. The first-order chi connectivity index (χ1) is 20.4. The minimum Gasteiger partial charge on any atom is -0.394 e. The van der Waals surface area contributed by atoms with E-state index in [0.717, 1.165) is 25.7 Å². The molecule has 1 aliphatic carbocycles. The van der Waals surface area contributed by atoms with Crippen LogP contribution in [-0.4, -0.2) is 101 Å². The lowest BCUT2D eigenvalue weighted by atomic mass is 9.78. The zero-order valence-electron chi connectivity index (χ0n) is 25.4. The predicted molar refractivity (Wildman–Crippen MR) is 163 cm³/mol. The van der Waals surface area contributed by atoms with E-state index < -0.39 is 0 Å². The van der Waals surface area contributed by atoms with Gasteiger partial charge in [-0.3, -0.25) is 0 Å². The Hall–Kier alpha value is -2.94. The second kappa shape index (κ2) is 17.2. The molecule has 2 aromatic heterocycles. The molecule has 0 radical (unpaired) electrons. The van der Waals surface area contributed by atoms with Crippen LogP contribution < -0.4 is 21.3 Å². The fourth-order valence-corrected chi connectivity index (χ4v) is 4.96. The Labute approximate surface area is 248 Å². The molecule has 1 saturated carbocycles. The van der Waals surface area contributed by atoms with Crippen LogP contribution in [0.4, 0.5) is 23.8 Å². The second-order valence-corrected chi connectivity index (χ2v) is 10.9. The van der Waals surface area contributed by atoms with Gasteiger partial charge in [0.25, 0.3) is 0 Å². The summed E-state index contributed by atoms with van der Waals surface area (Å²) in [5, 5.41) is 52.1. The molecule has 14 heteroatoms.